The van der Waals surface area contributed by atoms with Crippen molar-refractivity contribution in [3.63, 3.8) is 0 Å². The van der Waals surface area contributed by atoms with Gasteiger partial charge in [0.25, 0.3) is 0 Å². The van der Waals surface area contributed by atoms with Crippen LogP contribution in [0.15, 0.2) is 84.9 Å². The molecule has 260 valence electrons. The number of esters is 1. The Kier molecular flexibility index (Phi) is 12.2. The third-order valence-corrected chi connectivity index (χ3v) is 8.62. The second-order valence-electron chi connectivity index (χ2n) is 13.3. The fourth-order valence-electron chi connectivity index (χ4n) is 6.12. The van der Waals surface area contributed by atoms with E-state index in [4.69, 9.17) is 23.7 Å². The maximum absolute atomic E-state index is 13.0. The van der Waals surface area contributed by atoms with Gasteiger partial charge < -0.3 is 33.9 Å². The predicted molar refractivity (Wildman–Crippen MR) is 190 cm³/mol. The maximum Gasteiger partial charge on any atom is 0.410 e. The molecule has 0 saturated carbocycles. The summed E-state index contributed by atoms with van der Waals surface area (Å²) in [5.74, 6) is 1.49. The number of nitrogens with zero attached hydrogens (tertiary/aromatic N) is 1. The van der Waals surface area contributed by atoms with Gasteiger partial charge >= 0.3 is 12.1 Å². The molecule has 2 atom stereocenters. The molecule has 2 unspecified atom stereocenters. The third kappa shape index (κ3) is 9.96. The summed E-state index contributed by atoms with van der Waals surface area (Å²) in [6, 6.07) is 28.0. The van der Waals surface area contributed by atoms with Crippen molar-refractivity contribution >= 4 is 22.8 Å². The molecular weight excluding hydrogens is 620 g/mol. The van der Waals surface area contributed by atoms with Crippen molar-refractivity contribution in [1.29, 1.82) is 0 Å². The Morgan fingerprint density at radius 2 is 1.65 bits per heavy atom. The van der Waals surface area contributed by atoms with Crippen LogP contribution in [0.5, 0.6) is 11.5 Å². The van der Waals surface area contributed by atoms with Crippen molar-refractivity contribution < 1.29 is 33.3 Å². The van der Waals surface area contributed by atoms with E-state index in [1.54, 1.807) is 13.2 Å². The highest BCUT2D eigenvalue weighted by molar-refractivity contribution is 5.95. The first kappa shape index (κ1) is 35.7. The quantitative estimate of drug-likeness (QED) is 0.116. The number of carbonyl (C=O) groups excluding carboxylic acids is 2. The van der Waals surface area contributed by atoms with Gasteiger partial charge in [0.15, 0.2) is 0 Å². The summed E-state index contributed by atoms with van der Waals surface area (Å²) < 4.78 is 27.8. The Labute approximate surface area is 289 Å². The molecule has 1 saturated heterocycles. The molecule has 5 rings (SSSR count). The highest BCUT2D eigenvalue weighted by atomic mass is 16.6. The van der Waals surface area contributed by atoms with Gasteiger partial charge in [-0.2, -0.15) is 0 Å². The minimum Gasteiger partial charge on any atom is -0.496 e. The van der Waals surface area contributed by atoms with E-state index < -0.39 is 5.60 Å². The molecule has 0 bridgehead atoms. The predicted octanol–water partition coefficient (Wildman–Crippen LogP) is 7.50. The fraction of sp³-hybridized carbons (Fsp3) is 0.400. The van der Waals surface area contributed by atoms with E-state index in [0.29, 0.717) is 45.0 Å². The van der Waals surface area contributed by atoms with Crippen LogP contribution in [0.1, 0.15) is 66.6 Å². The lowest BCUT2D eigenvalue weighted by Crippen LogP contribution is -2.52. The van der Waals surface area contributed by atoms with Crippen LogP contribution >= 0.6 is 0 Å². The fourth-order valence-corrected chi connectivity index (χ4v) is 6.12. The molecule has 4 aromatic rings. The molecule has 4 aromatic carbocycles. The zero-order chi connectivity index (χ0) is 34.8. The number of hydrogen-bond acceptors (Lipinski definition) is 8. The van der Waals surface area contributed by atoms with E-state index in [1.165, 1.54) is 12.7 Å². The number of benzene rings is 4. The number of methoxy groups -OCH3 is 2. The minimum atomic E-state index is -0.562. The average molecular weight is 669 g/mol. The van der Waals surface area contributed by atoms with Crippen LogP contribution < -0.4 is 14.8 Å². The number of carbonyl (C=O) groups is 2. The topological polar surface area (TPSA) is 95.6 Å². The van der Waals surface area contributed by atoms with Gasteiger partial charge in [-0.1, -0.05) is 48.5 Å². The lowest BCUT2D eigenvalue weighted by molar-refractivity contribution is 0.0170. The number of rotatable bonds is 13. The van der Waals surface area contributed by atoms with Gasteiger partial charge in [-0.05, 0) is 85.5 Å². The molecule has 1 N–H and O–H groups in total. The Morgan fingerprint density at radius 1 is 0.898 bits per heavy atom. The van der Waals surface area contributed by atoms with Gasteiger partial charge in [0.05, 0.1) is 39.6 Å². The van der Waals surface area contributed by atoms with Crippen molar-refractivity contribution in [3.8, 4) is 11.5 Å². The summed E-state index contributed by atoms with van der Waals surface area (Å²) >= 11 is 0. The molecule has 1 fully saturated rings. The van der Waals surface area contributed by atoms with E-state index in [2.05, 4.69) is 29.6 Å². The van der Waals surface area contributed by atoms with Gasteiger partial charge in [0.1, 0.15) is 17.1 Å². The smallest absolute Gasteiger partial charge is 0.410 e. The van der Waals surface area contributed by atoms with Crippen LogP contribution in [-0.4, -0.2) is 69.1 Å². The molecule has 0 aliphatic carbocycles. The second-order valence-corrected chi connectivity index (χ2v) is 13.3. The number of nitrogens with one attached hydrogen (secondary N) is 1. The SMILES string of the molecule is COC(=O)c1ccc2cc(CNC3CN(C(=O)OC(C)(C)C)CCC3c3ccc(OCCCOCc4ccccc4OC)cc3)ccc2c1. The number of para-hydroxylation sites is 1. The van der Waals surface area contributed by atoms with Crippen LogP contribution in [0.4, 0.5) is 4.79 Å². The highest BCUT2D eigenvalue weighted by Gasteiger charge is 2.34. The summed E-state index contributed by atoms with van der Waals surface area (Å²) in [6.07, 6.45) is 1.28. The van der Waals surface area contributed by atoms with E-state index in [9.17, 15) is 9.59 Å². The standard InChI is InChI=1S/C40H48N2O7/c1-40(2,3)49-39(44)42-20-19-35(36(26-42)41-25-28-11-12-31-24-32(38(43)46-5)14-13-30(31)23-28)29-15-17-34(18-16-29)48-22-8-21-47-27-33-9-6-7-10-37(33)45-4/h6-7,9-18,23-24,35-36,41H,8,19-22,25-27H2,1-5H3. The Balaban J connectivity index is 1.19. The van der Waals surface area contributed by atoms with Gasteiger partial charge in [-0.15, -0.1) is 0 Å². The van der Waals surface area contributed by atoms with Crippen LogP contribution in [0.25, 0.3) is 10.8 Å². The number of fused-ring (bicyclic) bond motifs is 1. The van der Waals surface area contributed by atoms with Crippen molar-refractivity contribution in [1.82, 2.24) is 10.2 Å². The number of piperidine rings is 1. The minimum absolute atomic E-state index is 0.00539. The van der Waals surface area contributed by atoms with Gasteiger partial charge in [-0.25, -0.2) is 9.59 Å². The third-order valence-electron chi connectivity index (χ3n) is 8.62. The number of likely N-dealkylation sites (tertiary alicyclic amines) is 1. The lowest BCUT2D eigenvalue weighted by atomic mass is 9.85. The maximum atomic E-state index is 13.0. The Bertz CT molecular complexity index is 1700. The van der Waals surface area contributed by atoms with Crippen molar-refractivity contribution in [2.45, 2.75) is 64.3 Å². The van der Waals surface area contributed by atoms with E-state index in [1.807, 2.05) is 80.3 Å². The van der Waals surface area contributed by atoms with Crippen molar-refractivity contribution in [2.75, 3.05) is 40.5 Å². The normalized spacial score (nSPS) is 16.3. The first-order valence-electron chi connectivity index (χ1n) is 16.9. The number of ether oxygens (including phenoxy) is 5. The van der Waals surface area contributed by atoms with Crippen LogP contribution in [0.3, 0.4) is 0 Å². The van der Waals surface area contributed by atoms with Gasteiger partial charge in [-0.3, -0.25) is 0 Å². The summed E-state index contributed by atoms with van der Waals surface area (Å²) in [5.41, 5.74) is 3.30. The molecule has 0 spiro atoms. The molecule has 9 heteroatoms. The van der Waals surface area contributed by atoms with E-state index >= 15 is 0 Å². The Morgan fingerprint density at radius 3 is 2.41 bits per heavy atom. The Hall–Kier alpha value is -4.60. The zero-order valence-corrected chi connectivity index (χ0v) is 29.2. The van der Waals surface area contributed by atoms with Crippen molar-refractivity contribution in [2.24, 2.45) is 0 Å². The molecule has 1 aliphatic rings. The van der Waals surface area contributed by atoms with Gasteiger partial charge in [0, 0.05) is 43.6 Å². The number of amides is 1. The molecule has 1 aliphatic heterocycles. The van der Waals surface area contributed by atoms with Crippen LogP contribution in [-0.2, 0) is 27.4 Å². The van der Waals surface area contributed by atoms with Crippen LogP contribution in [0, 0.1) is 0 Å². The van der Waals surface area contributed by atoms with Gasteiger partial charge in [0.2, 0.25) is 0 Å². The molecule has 1 amide bonds. The first-order chi connectivity index (χ1) is 23.6. The lowest BCUT2D eigenvalue weighted by Gasteiger charge is -2.40. The van der Waals surface area contributed by atoms with Crippen LogP contribution in [0.2, 0.25) is 0 Å². The summed E-state index contributed by atoms with van der Waals surface area (Å²) in [7, 11) is 3.05. The monoisotopic (exact) mass is 668 g/mol. The average Bonchev–Trinajstić information content (AvgIpc) is 3.11. The summed E-state index contributed by atoms with van der Waals surface area (Å²) in [5, 5.41) is 5.76. The first-order valence-corrected chi connectivity index (χ1v) is 16.9. The molecule has 1 heterocycles. The molecule has 0 aromatic heterocycles. The summed E-state index contributed by atoms with van der Waals surface area (Å²) in [4.78, 5) is 26.8. The largest absolute Gasteiger partial charge is 0.496 e. The highest BCUT2D eigenvalue weighted by Crippen LogP contribution is 2.31. The number of hydrogen-bond donors (Lipinski definition) is 1. The molecular formula is C40H48N2O7. The van der Waals surface area contributed by atoms with E-state index in [0.717, 1.165) is 46.2 Å². The van der Waals surface area contributed by atoms with E-state index in [-0.39, 0.29) is 24.0 Å². The molecule has 9 nitrogen and oxygen atoms in total. The molecule has 49 heavy (non-hydrogen) atoms. The van der Waals surface area contributed by atoms with Crippen molar-refractivity contribution in [3.05, 3.63) is 107 Å². The summed E-state index contributed by atoms with van der Waals surface area (Å²) in [6.45, 7) is 9.08. The molecule has 0 radical (unpaired) electrons. The zero-order valence-electron chi connectivity index (χ0n) is 29.2. The second kappa shape index (κ2) is 16.7.